The van der Waals surface area contributed by atoms with Crippen molar-refractivity contribution in [1.29, 1.82) is 0 Å². The molecular formula is C17H22N2O4. The van der Waals surface area contributed by atoms with Gasteiger partial charge in [0.2, 0.25) is 6.79 Å². The Hall–Kier alpha value is -1.79. The maximum Gasteiger partial charge on any atom is 0.257 e. The van der Waals surface area contributed by atoms with Crippen LogP contribution in [0.2, 0.25) is 0 Å². The number of aliphatic hydroxyl groups is 1. The van der Waals surface area contributed by atoms with E-state index in [1.54, 1.807) is 6.07 Å². The number of benzene rings is 1. The fourth-order valence-corrected chi connectivity index (χ4v) is 3.87. The van der Waals surface area contributed by atoms with Gasteiger partial charge < -0.3 is 19.5 Å². The van der Waals surface area contributed by atoms with Crippen molar-refractivity contribution in [2.75, 3.05) is 33.0 Å². The summed E-state index contributed by atoms with van der Waals surface area (Å²) >= 11 is 0. The zero-order chi connectivity index (χ0) is 15.8. The molecule has 124 valence electrons. The normalized spacial score (nSPS) is 27.4. The minimum Gasteiger partial charge on any atom is -0.454 e. The maximum atomic E-state index is 12.8. The molecule has 23 heavy (non-hydrogen) atoms. The van der Waals surface area contributed by atoms with Crippen molar-refractivity contribution in [2.24, 2.45) is 0 Å². The second kappa shape index (κ2) is 6.02. The molecule has 0 radical (unpaired) electrons. The monoisotopic (exact) mass is 318 g/mol. The Labute approximate surface area is 135 Å². The number of aliphatic hydroxyl groups excluding tert-OH is 1. The van der Waals surface area contributed by atoms with E-state index >= 15 is 0 Å². The van der Waals surface area contributed by atoms with E-state index in [-0.39, 0.29) is 24.8 Å². The minimum absolute atomic E-state index is 0.000953. The first-order valence-corrected chi connectivity index (χ1v) is 8.34. The van der Waals surface area contributed by atoms with Gasteiger partial charge in [-0.15, -0.1) is 0 Å². The highest BCUT2D eigenvalue weighted by Crippen LogP contribution is 2.36. The fraction of sp³-hybridized carbons (Fsp3) is 0.588. The highest BCUT2D eigenvalue weighted by Gasteiger charge is 2.34. The number of para-hydroxylation sites is 1. The van der Waals surface area contributed by atoms with E-state index in [0.717, 1.165) is 32.4 Å². The number of nitrogens with zero attached hydrogens (tertiary/aromatic N) is 2. The lowest BCUT2D eigenvalue weighted by atomic mass is 10.1. The van der Waals surface area contributed by atoms with Crippen LogP contribution in [-0.2, 0) is 0 Å². The molecule has 1 aromatic carbocycles. The van der Waals surface area contributed by atoms with Crippen molar-refractivity contribution in [1.82, 2.24) is 9.80 Å². The molecule has 4 rings (SSSR count). The molecule has 1 aliphatic carbocycles. The molecular weight excluding hydrogens is 296 g/mol. The first kappa shape index (κ1) is 14.8. The van der Waals surface area contributed by atoms with E-state index in [9.17, 15) is 9.90 Å². The number of piperazine rings is 1. The third-order valence-corrected chi connectivity index (χ3v) is 5.14. The molecule has 6 heteroatoms. The summed E-state index contributed by atoms with van der Waals surface area (Å²) in [4.78, 5) is 17.0. The first-order chi connectivity index (χ1) is 11.2. The van der Waals surface area contributed by atoms with Crippen LogP contribution < -0.4 is 9.47 Å². The predicted molar refractivity (Wildman–Crippen MR) is 83.7 cm³/mol. The zero-order valence-electron chi connectivity index (χ0n) is 13.1. The van der Waals surface area contributed by atoms with Gasteiger partial charge in [-0.3, -0.25) is 9.69 Å². The lowest BCUT2D eigenvalue weighted by molar-refractivity contribution is 0.0314. The van der Waals surface area contributed by atoms with Crippen LogP contribution in [0.5, 0.6) is 11.5 Å². The SMILES string of the molecule is O=C(c1cccc2c1OCO2)N1CCN([C@@H]2CCC[C@H]2O)CC1. The van der Waals surface area contributed by atoms with Crippen LogP contribution in [0.25, 0.3) is 0 Å². The molecule has 2 atom stereocenters. The number of fused-ring (bicyclic) bond motifs is 1. The van der Waals surface area contributed by atoms with E-state index in [0.29, 0.717) is 30.2 Å². The van der Waals surface area contributed by atoms with Gasteiger partial charge in [-0.2, -0.15) is 0 Å². The van der Waals surface area contributed by atoms with Crippen molar-refractivity contribution in [3.8, 4) is 11.5 Å². The van der Waals surface area contributed by atoms with Crippen LogP contribution in [0.15, 0.2) is 18.2 Å². The topological polar surface area (TPSA) is 62.2 Å². The third kappa shape index (κ3) is 2.66. The van der Waals surface area contributed by atoms with Crippen molar-refractivity contribution in [3.05, 3.63) is 23.8 Å². The number of carbonyl (C=O) groups is 1. The van der Waals surface area contributed by atoms with E-state index < -0.39 is 0 Å². The molecule has 0 bridgehead atoms. The van der Waals surface area contributed by atoms with Gasteiger partial charge in [0.1, 0.15) is 0 Å². The number of hydrogen-bond donors (Lipinski definition) is 1. The molecule has 0 aromatic heterocycles. The fourth-order valence-electron chi connectivity index (χ4n) is 3.87. The molecule has 6 nitrogen and oxygen atoms in total. The molecule has 0 spiro atoms. The maximum absolute atomic E-state index is 12.8. The van der Waals surface area contributed by atoms with Gasteiger partial charge >= 0.3 is 0 Å². The van der Waals surface area contributed by atoms with Gasteiger partial charge in [-0.05, 0) is 31.4 Å². The van der Waals surface area contributed by atoms with Gasteiger partial charge in [0.25, 0.3) is 5.91 Å². The second-order valence-electron chi connectivity index (χ2n) is 6.43. The summed E-state index contributed by atoms with van der Waals surface area (Å²) in [6, 6.07) is 5.71. The molecule has 3 aliphatic rings. The summed E-state index contributed by atoms with van der Waals surface area (Å²) < 4.78 is 10.8. The molecule has 2 heterocycles. The molecule has 1 amide bonds. The van der Waals surface area contributed by atoms with E-state index in [1.165, 1.54) is 0 Å². The van der Waals surface area contributed by atoms with Crippen molar-refractivity contribution in [2.45, 2.75) is 31.4 Å². The van der Waals surface area contributed by atoms with Crippen LogP contribution in [0.1, 0.15) is 29.6 Å². The standard InChI is InChI=1S/C17H22N2O4/c20-14-5-2-4-13(14)18-7-9-19(10-8-18)17(21)12-3-1-6-15-16(12)23-11-22-15/h1,3,6,13-14,20H,2,4-5,7-11H2/t13-,14-/m1/s1. The second-order valence-corrected chi connectivity index (χ2v) is 6.43. The molecule has 2 aliphatic heterocycles. The number of ether oxygens (including phenoxy) is 2. The Bertz CT molecular complexity index is 598. The van der Waals surface area contributed by atoms with Gasteiger partial charge in [0.15, 0.2) is 11.5 Å². The average molecular weight is 318 g/mol. The summed E-state index contributed by atoms with van der Waals surface area (Å²) in [5.41, 5.74) is 0.578. The smallest absolute Gasteiger partial charge is 0.257 e. The molecule has 1 aromatic rings. The van der Waals surface area contributed by atoms with Gasteiger partial charge in [-0.1, -0.05) is 6.07 Å². The van der Waals surface area contributed by atoms with Crippen molar-refractivity contribution in [3.63, 3.8) is 0 Å². The predicted octanol–water partition coefficient (Wildman–Crippen LogP) is 1.09. The first-order valence-electron chi connectivity index (χ1n) is 8.34. The average Bonchev–Trinajstić information content (AvgIpc) is 3.22. The zero-order valence-corrected chi connectivity index (χ0v) is 13.1. The Morgan fingerprint density at radius 1 is 1.13 bits per heavy atom. The molecule has 1 saturated carbocycles. The minimum atomic E-state index is -0.208. The number of rotatable bonds is 2. The number of amides is 1. The van der Waals surface area contributed by atoms with Crippen molar-refractivity contribution < 1.29 is 19.4 Å². The Kier molecular flexibility index (Phi) is 3.87. The third-order valence-electron chi connectivity index (χ3n) is 5.14. The quantitative estimate of drug-likeness (QED) is 0.884. The summed E-state index contributed by atoms with van der Waals surface area (Å²) in [5.74, 6) is 1.20. The van der Waals surface area contributed by atoms with Gasteiger partial charge in [-0.25, -0.2) is 0 Å². The summed E-state index contributed by atoms with van der Waals surface area (Å²) in [6.45, 7) is 3.19. The van der Waals surface area contributed by atoms with Crippen LogP contribution in [0.3, 0.4) is 0 Å². The molecule has 1 saturated heterocycles. The Morgan fingerprint density at radius 2 is 1.96 bits per heavy atom. The van der Waals surface area contributed by atoms with Crippen LogP contribution in [0.4, 0.5) is 0 Å². The lowest BCUT2D eigenvalue weighted by Crippen LogP contribution is -2.53. The van der Waals surface area contributed by atoms with Crippen molar-refractivity contribution >= 4 is 5.91 Å². The summed E-state index contributed by atoms with van der Waals surface area (Å²) in [7, 11) is 0. The Morgan fingerprint density at radius 3 is 2.70 bits per heavy atom. The Balaban J connectivity index is 1.42. The molecule has 2 fully saturated rings. The molecule has 0 unspecified atom stereocenters. The summed E-state index contributed by atoms with van der Waals surface area (Å²) in [5, 5.41) is 10.0. The van der Waals surface area contributed by atoms with Crippen LogP contribution in [-0.4, -0.2) is 65.9 Å². The lowest BCUT2D eigenvalue weighted by Gasteiger charge is -2.39. The summed E-state index contributed by atoms with van der Waals surface area (Å²) in [6.07, 6.45) is 2.85. The van der Waals surface area contributed by atoms with Crippen LogP contribution in [0, 0.1) is 0 Å². The van der Waals surface area contributed by atoms with E-state index in [4.69, 9.17) is 9.47 Å². The number of carbonyl (C=O) groups excluding carboxylic acids is 1. The highest BCUT2D eigenvalue weighted by molar-refractivity contribution is 5.98. The van der Waals surface area contributed by atoms with Gasteiger partial charge in [0.05, 0.1) is 11.7 Å². The number of hydrogen-bond acceptors (Lipinski definition) is 5. The molecule has 1 N–H and O–H groups in total. The van der Waals surface area contributed by atoms with Gasteiger partial charge in [0, 0.05) is 32.2 Å². The van der Waals surface area contributed by atoms with E-state index in [2.05, 4.69) is 4.90 Å². The highest BCUT2D eigenvalue weighted by atomic mass is 16.7. The largest absolute Gasteiger partial charge is 0.454 e. The van der Waals surface area contributed by atoms with E-state index in [1.807, 2.05) is 17.0 Å². The van der Waals surface area contributed by atoms with Crippen LogP contribution >= 0.6 is 0 Å².